The molecule has 0 saturated carbocycles. The van der Waals surface area contributed by atoms with Gasteiger partial charge >= 0.3 is 19.8 Å². The minimum absolute atomic E-state index is 0.0167. The molecule has 0 aromatic heterocycles. The second-order valence-electron chi connectivity index (χ2n) is 15.4. The number of rotatable bonds is 38. The summed E-state index contributed by atoms with van der Waals surface area (Å²) >= 11 is 0. The van der Waals surface area contributed by atoms with Crippen molar-refractivity contribution in [1.82, 2.24) is 0 Å². The van der Waals surface area contributed by atoms with Gasteiger partial charge in [0.2, 0.25) is 0 Å². The number of carbonyl (C=O) groups is 2. The Balaban J connectivity index is 4.51. The smallest absolute Gasteiger partial charge is 0.462 e. The van der Waals surface area contributed by atoms with E-state index >= 15 is 0 Å². The molecule has 0 saturated heterocycles. The van der Waals surface area contributed by atoms with Gasteiger partial charge in [0.15, 0.2) is 6.10 Å². The fourth-order valence-corrected chi connectivity index (χ4v) is 6.01. The summed E-state index contributed by atoms with van der Waals surface area (Å²) in [5.41, 5.74) is 0. The first-order chi connectivity index (χ1) is 27.0. The third-order valence-corrected chi connectivity index (χ3v) is 9.67. The third-order valence-electron chi connectivity index (χ3n) is 8.69. The van der Waals surface area contributed by atoms with E-state index in [4.69, 9.17) is 18.5 Å². The molecule has 0 radical (unpaired) electrons. The molecule has 2 atom stereocenters. The molecule has 0 aliphatic carbocycles. The zero-order valence-electron chi connectivity index (χ0n) is 36.1. The number of unbranched alkanes of at least 4 members (excludes halogenated alkanes) is 12. The van der Waals surface area contributed by atoms with E-state index in [2.05, 4.69) is 86.8 Å². The normalized spacial score (nSPS) is 14.3. The first-order valence-corrected chi connectivity index (χ1v) is 23.2. The number of phosphoric ester groups is 1. The van der Waals surface area contributed by atoms with E-state index in [9.17, 15) is 19.0 Å². The molecule has 0 aliphatic heterocycles. The first-order valence-electron chi connectivity index (χ1n) is 21.7. The summed E-state index contributed by atoms with van der Waals surface area (Å²) in [7, 11) is 1.42. The van der Waals surface area contributed by atoms with Crippen LogP contribution < -0.4 is 0 Å². The largest absolute Gasteiger partial charge is 0.472 e. The van der Waals surface area contributed by atoms with Crippen molar-refractivity contribution in [3.8, 4) is 0 Å². The maximum atomic E-state index is 12.7. The number of hydrogen-bond acceptors (Lipinski definition) is 7. The van der Waals surface area contributed by atoms with Crippen molar-refractivity contribution < 1.29 is 42.1 Å². The molecule has 0 bridgehead atoms. The molecule has 0 aromatic carbocycles. The summed E-state index contributed by atoms with van der Waals surface area (Å²) in [5, 5.41) is 0. The molecule has 1 unspecified atom stereocenters. The highest BCUT2D eigenvalue weighted by atomic mass is 31.2. The lowest BCUT2D eigenvalue weighted by atomic mass is 10.1. The topological polar surface area (TPSA) is 108 Å². The number of ether oxygens (including phenoxy) is 2. The van der Waals surface area contributed by atoms with Crippen LogP contribution in [0.5, 0.6) is 0 Å². The lowest BCUT2D eigenvalue weighted by Crippen LogP contribution is -2.37. The zero-order valence-corrected chi connectivity index (χ0v) is 37.0. The number of phosphoric acid groups is 1. The van der Waals surface area contributed by atoms with Crippen LogP contribution >= 0.6 is 7.82 Å². The van der Waals surface area contributed by atoms with Gasteiger partial charge in [0.05, 0.1) is 27.7 Å². The lowest BCUT2D eigenvalue weighted by Gasteiger charge is -2.24. The van der Waals surface area contributed by atoms with Crippen LogP contribution in [-0.4, -0.2) is 74.9 Å². The van der Waals surface area contributed by atoms with Crippen molar-refractivity contribution in [3.05, 3.63) is 72.9 Å². The van der Waals surface area contributed by atoms with Crippen molar-refractivity contribution in [2.24, 2.45) is 0 Å². The van der Waals surface area contributed by atoms with Gasteiger partial charge in [0.25, 0.3) is 0 Å². The van der Waals surface area contributed by atoms with Gasteiger partial charge in [-0.3, -0.25) is 18.6 Å². The SMILES string of the molecule is CCC/C=C/C/C=C/C/C=C/C/C=C/CCCCCC(=O)O[C@H](COC(=O)CCCC/C=C/C/C=C/CCCCCCCC)COP(=O)(O)OCC[N+](C)(C)C. The van der Waals surface area contributed by atoms with E-state index in [-0.39, 0.29) is 26.1 Å². The minimum atomic E-state index is -4.39. The molecule has 9 nitrogen and oxygen atoms in total. The van der Waals surface area contributed by atoms with Crippen LogP contribution in [0.25, 0.3) is 0 Å². The van der Waals surface area contributed by atoms with E-state index in [1.807, 2.05) is 21.1 Å². The van der Waals surface area contributed by atoms with Crippen LogP contribution in [-0.2, 0) is 32.7 Å². The molecule has 0 heterocycles. The molecule has 0 spiro atoms. The summed E-state index contributed by atoms with van der Waals surface area (Å²) in [6.07, 6.45) is 46.7. The second-order valence-corrected chi connectivity index (χ2v) is 16.8. The van der Waals surface area contributed by atoms with Crippen LogP contribution in [0.3, 0.4) is 0 Å². The van der Waals surface area contributed by atoms with Crippen molar-refractivity contribution >= 4 is 19.8 Å². The monoisotopic (exact) mass is 807 g/mol. The summed E-state index contributed by atoms with van der Waals surface area (Å²) < 4.78 is 34.2. The number of allylic oxidation sites excluding steroid dienone is 12. The van der Waals surface area contributed by atoms with Crippen LogP contribution in [0.4, 0.5) is 0 Å². The van der Waals surface area contributed by atoms with Crippen molar-refractivity contribution in [1.29, 1.82) is 0 Å². The zero-order chi connectivity index (χ0) is 41.4. The minimum Gasteiger partial charge on any atom is -0.462 e. The number of esters is 2. The lowest BCUT2D eigenvalue weighted by molar-refractivity contribution is -0.870. The van der Waals surface area contributed by atoms with Crippen molar-refractivity contribution in [3.63, 3.8) is 0 Å². The molecule has 0 amide bonds. The maximum Gasteiger partial charge on any atom is 0.472 e. The number of hydrogen-bond donors (Lipinski definition) is 1. The number of nitrogens with zero attached hydrogens (tertiary/aromatic N) is 1. The predicted octanol–water partition coefficient (Wildman–Crippen LogP) is 12.2. The Morgan fingerprint density at radius 2 is 1.00 bits per heavy atom. The quantitative estimate of drug-likeness (QED) is 0.0216. The molecule has 0 rings (SSSR count). The average Bonchev–Trinajstić information content (AvgIpc) is 3.15. The van der Waals surface area contributed by atoms with Crippen molar-refractivity contribution in [2.75, 3.05) is 47.5 Å². The van der Waals surface area contributed by atoms with Gasteiger partial charge in [0, 0.05) is 12.8 Å². The van der Waals surface area contributed by atoms with Crippen LogP contribution in [0, 0.1) is 0 Å². The molecular weight excluding hydrogens is 725 g/mol. The molecule has 56 heavy (non-hydrogen) atoms. The van der Waals surface area contributed by atoms with Gasteiger partial charge in [-0.25, -0.2) is 4.57 Å². The number of quaternary nitrogens is 1. The van der Waals surface area contributed by atoms with Crippen LogP contribution in [0.15, 0.2) is 72.9 Å². The molecule has 0 fully saturated rings. The molecule has 1 N–H and O–H groups in total. The van der Waals surface area contributed by atoms with Gasteiger partial charge in [-0.2, -0.15) is 0 Å². The van der Waals surface area contributed by atoms with E-state index in [0.717, 1.165) is 70.6 Å². The summed E-state index contributed by atoms with van der Waals surface area (Å²) in [6.45, 7) is 4.25. The first kappa shape index (κ1) is 53.5. The van der Waals surface area contributed by atoms with Gasteiger partial charge in [0.1, 0.15) is 19.8 Å². The molecule has 10 heteroatoms. The van der Waals surface area contributed by atoms with Gasteiger partial charge in [-0.1, -0.05) is 132 Å². The van der Waals surface area contributed by atoms with E-state index in [1.54, 1.807) is 0 Å². The summed E-state index contributed by atoms with van der Waals surface area (Å²) in [5.74, 6) is -0.880. The Bertz CT molecular complexity index is 1180. The van der Waals surface area contributed by atoms with Crippen LogP contribution in [0.2, 0.25) is 0 Å². The highest BCUT2D eigenvalue weighted by molar-refractivity contribution is 7.47. The molecular formula is C46H81NO8P+. The Hall–Kier alpha value is -2.55. The number of likely N-dealkylation sites (N-methyl/N-ethyl adjacent to an activating group) is 1. The Morgan fingerprint density at radius 3 is 1.54 bits per heavy atom. The highest BCUT2D eigenvalue weighted by Crippen LogP contribution is 2.43. The van der Waals surface area contributed by atoms with E-state index in [1.165, 1.54) is 44.9 Å². The third kappa shape index (κ3) is 41.1. The maximum absolute atomic E-state index is 12.7. The second kappa shape index (κ2) is 38.0. The van der Waals surface area contributed by atoms with Gasteiger partial charge < -0.3 is 18.9 Å². The molecule has 0 aliphatic rings. The standard InChI is InChI=1S/C46H80NO8P/c1-6-8-10-12-14-16-18-20-22-23-25-27-29-31-33-35-37-39-46(49)55-44(43-54-56(50,51)53-41-40-47(3,4)5)42-52-45(48)38-36-34-32-30-28-26-24-21-19-17-15-13-11-9-7-2/h10,12,16,18,21-24,27-30,44H,6-9,11,13-15,17,19-20,25-26,31-43H2,1-5H3/p+1/b12-10+,18-16+,23-22+,24-21+,29-27+,30-28+/t44-/m1/s1. The van der Waals surface area contributed by atoms with E-state index in [0.29, 0.717) is 23.9 Å². The molecule has 322 valence electrons. The number of carbonyl (C=O) groups excluding carboxylic acids is 2. The Kier molecular flexibility index (Phi) is 36.3. The van der Waals surface area contributed by atoms with Crippen molar-refractivity contribution in [2.45, 2.75) is 161 Å². The Labute approximate surface area is 342 Å². The fourth-order valence-electron chi connectivity index (χ4n) is 5.27. The average molecular weight is 807 g/mol. The highest BCUT2D eigenvalue weighted by Gasteiger charge is 2.27. The Morgan fingerprint density at radius 1 is 0.554 bits per heavy atom. The fraction of sp³-hybridized carbons (Fsp3) is 0.696. The van der Waals surface area contributed by atoms with Crippen LogP contribution in [0.1, 0.15) is 155 Å². The predicted molar refractivity (Wildman–Crippen MR) is 233 cm³/mol. The van der Waals surface area contributed by atoms with E-state index < -0.39 is 32.5 Å². The van der Waals surface area contributed by atoms with Gasteiger partial charge in [-0.05, 0) is 83.5 Å². The summed E-state index contributed by atoms with van der Waals surface area (Å²) in [4.78, 5) is 35.3. The molecule has 0 aromatic rings. The van der Waals surface area contributed by atoms with Gasteiger partial charge in [-0.15, -0.1) is 0 Å². The summed E-state index contributed by atoms with van der Waals surface area (Å²) in [6, 6.07) is 0.